The Morgan fingerprint density at radius 2 is 2.07 bits per heavy atom. The van der Waals surface area contributed by atoms with E-state index < -0.39 is 18.9 Å². The monoisotopic (exact) mass is 421 g/mol. The quantitative estimate of drug-likeness (QED) is 0.737. The predicted octanol–water partition coefficient (Wildman–Crippen LogP) is 2.10. The van der Waals surface area contributed by atoms with E-state index in [1.165, 1.54) is 18.4 Å². The van der Waals surface area contributed by atoms with Crippen LogP contribution in [0.25, 0.3) is 0 Å². The lowest BCUT2D eigenvalue weighted by Crippen LogP contribution is -2.46. The molecule has 9 nitrogen and oxygen atoms in total. The molecular formula is C19H26N6O3S. The van der Waals surface area contributed by atoms with Crippen molar-refractivity contribution >= 4 is 34.2 Å². The van der Waals surface area contributed by atoms with E-state index in [-0.39, 0.29) is 11.4 Å². The van der Waals surface area contributed by atoms with Crippen LogP contribution >= 0.6 is 11.3 Å². The van der Waals surface area contributed by atoms with Crippen molar-refractivity contribution < 1.29 is 18.4 Å². The van der Waals surface area contributed by atoms with Gasteiger partial charge in [-0.2, -0.15) is 0 Å². The zero-order valence-electron chi connectivity index (χ0n) is 19.4. The summed E-state index contributed by atoms with van der Waals surface area (Å²) in [6.07, 6.45) is -0.525. The molecule has 29 heavy (non-hydrogen) atoms. The first-order valence-corrected chi connectivity index (χ1v) is 10.2. The van der Waals surface area contributed by atoms with Crippen LogP contribution in [0.5, 0.6) is 0 Å². The van der Waals surface area contributed by atoms with Crippen LogP contribution in [-0.4, -0.2) is 66.7 Å². The van der Waals surface area contributed by atoms with Crippen LogP contribution in [0.2, 0.25) is 0 Å². The minimum atomic E-state index is -2.43. The Balaban J connectivity index is 1.63. The fourth-order valence-corrected chi connectivity index (χ4v) is 3.72. The third-order valence-electron chi connectivity index (χ3n) is 4.47. The second kappa shape index (κ2) is 9.66. The van der Waals surface area contributed by atoms with E-state index in [2.05, 4.69) is 25.5 Å². The van der Waals surface area contributed by atoms with Gasteiger partial charge in [-0.25, -0.2) is 14.8 Å². The van der Waals surface area contributed by atoms with Crippen molar-refractivity contribution in [2.75, 3.05) is 50.1 Å². The van der Waals surface area contributed by atoms with Crippen LogP contribution in [0.15, 0.2) is 17.5 Å². The highest BCUT2D eigenvalue weighted by Gasteiger charge is 2.20. The Labute approximate surface area is 178 Å². The van der Waals surface area contributed by atoms with Crippen molar-refractivity contribution in [2.45, 2.75) is 20.3 Å². The van der Waals surface area contributed by atoms with E-state index in [4.69, 9.17) is 8.85 Å². The molecule has 0 aliphatic carbocycles. The first kappa shape index (κ1) is 17.2. The third kappa shape index (κ3) is 5.42. The molecule has 3 heterocycles. The second-order valence-electron chi connectivity index (χ2n) is 6.40. The third-order valence-corrected chi connectivity index (χ3v) is 5.27. The number of carbonyl (C=O) groups excluding carboxylic acids is 2. The normalized spacial score (nSPS) is 16.5. The summed E-state index contributed by atoms with van der Waals surface area (Å²) in [5.74, 6) is -0.424. The highest BCUT2D eigenvalue weighted by Crippen LogP contribution is 2.22. The fraction of sp³-hybridized carbons (Fsp3) is 0.474. The maximum atomic E-state index is 11.9. The smallest absolute Gasteiger partial charge is 0.413 e. The van der Waals surface area contributed by atoms with Gasteiger partial charge in [0.25, 0.3) is 5.91 Å². The molecule has 0 spiro atoms. The summed E-state index contributed by atoms with van der Waals surface area (Å²) >= 11 is 1.34. The van der Waals surface area contributed by atoms with Gasteiger partial charge in [-0.05, 0) is 25.9 Å². The van der Waals surface area contributed by atoms with Crippen molar-refractivity contribution in [1.29, 1.82) is 0 Å². The number of hydrogen-bond donors (Lipinski definition) is 2. The highest BCUT2D eigenvalue weighted by molar-refractivity contribution is 7.13. The van der Waals surface area contributed by atoms with E-state index in [1.807, 2.05) is 10.3 Å². The molecule has 2 N–H and O–H groups in total. The van der Waals surface area contributed by atoms with Gasteiger partial charge in [-0.3, -0.25) is 15.0 Å². The van der Waals surface area contributed by atoms with Crippen LogP contribution in [-0.2, 0) is 11.3 Å². The molecule has 0 bridgehead atoms. The number of rotatable bonds is 6. The summed E-state index contributed by atoms with van der Waals surface area (Å²) < 4.78 is 28.4. The Bertz CT molecular complexity index is 960. The summed E-state index contributed by atoms with van der Waals surface area (Å²) in [4.78, 5) is 36.1. The van der Waals surface area contributed by atoms with Crippen molar-refractivity contribution in [1.82, 2.24) is 20.2 Å². The Kier molecular flexibility index (Phi) is 5.72. The van der Waals surface area contributed by atoms with Crippen LogP contribution < -0.4 is 15.5 Å². The maximum absolute atomic E-state index is 11.9. The van der Waals surface area contributed by atoms with E-state index in [0.717, 1.165) is 5.69 Å². The minimum absolute atomic E-state index is 0.0683. The number of pyridine rings is 1. The van der Waals surface area contributed by atoms with Gasteiger partial charge in [0.05, 0.1) is 23.7 Å². The second-order valence-corrected chi connectivity index (χ2v) is 7.25. The maximum Gasteiger partial charge on any atom is 0.413 e. The first-order valence-electron chi connectivity index (χ1n) is 10.8. The summed E-state index contributed by atoms with van der Waals surface area (Å²) in [7, 11) is 1.48. The highest BCUT2D eigenvalue weighted by atomic mass is 32.1. The molecular weight excluding hydrogens is 392 g/mol. The topological polar surface area (TPSA) is 99.7 Å². The molecule has 1 aliphatic heterocycles. The molecule has 1 aliphatic rings. The molecule has 2 aromatic rings. The van der Waals surface area contributed by atoms with E-state index in [9.17, 15) is 9.59 Å². The molecule has 156 valence electrons. The van der Waals surface area contributed by atoms with E-state index in [0.29, 0.717) is 50.1 Å². The molecule has 1 fully saturated rings. The standard InChI is InChI=1S/C19H26N6O3S/c1-4-28-19(27)23-18-22-14(12-29-18)11-24-7-9-25(10-8-24)16-6-5-15(17(26)20-3)21-13(16)2/h5-6,12H,4,7-11H2,1-3H3,(H,20,26)(H,22,23,27)/i2D3. The molecule has 0 atom stereocenters. The lowest BCUT2D eigenvalue weighted by atomic mass is 10.2. The van der Waals surface area contributed by atoms with Gasteiger partial charge in [0.15, 0.2) is 5.13 Å². The zero-order chi connectivity index (χ0) is 23.3. The number of carbonyl (C=O) groups is 2. The van der Waals surface area contributed by atoms with Gasteiger partial charge >= 0.3 is 6.09 Å². The Hall–Kier alpha value is -2.72. The SMILES string of the molecule is [2H]C([2H])([2H])c1nc(C(=O)NC)ccc1N1CCN(Cc2csc(NC(=O)OCC)n2)CC1. The predicted molar refractivity (Wildman–Crippen MR) is 113 cm³/mol. The number of nitrogens with zero attached hydrogens (tertiary/aromatic N) is 4. The molecule has 0 radical (unpaired) electrons. The van der Waals surface area contributed by atoms with Gasteiger partial charge in [-0.15, -0.1) is 11.3 Å². The van der Waals surface area contributed by atoms with E-state index in [1.54, 1.807) is 19.1 Å². The largest absolute Gasteiger partial charge is 0.450 e. The number of amides is 2. The van der Waals surface area contributed by atoms with Crippen molar-refractivity contribution in [3.63, 3.8) is 0 Å². The molecule has 2 aromatic heterocycles. The number of piperazine rings is 1. The van der Waals surface area contributed by atoms with Gasteiger partial charge in [0, 0.05) is 49.3 Å². The summed E-state index contributed by atoms with van der Waals surface area (Å²) in [5.41, 5.74) is 1.37. The lowest BCUT2D eigenvalue weighted by Gasteiger charge is -2.36. The minimum Gasteiger partial charge on any atom is -0.450 e. The molecule has 0 unspecified atom stereocenters. The number of aryl methyl sites for hydroxylation is 1. The average Bonchev–Trinajstić information content (AvgIpc) is 3.19. The molecule has 1 saturated heterocycles. The molecule has 10 heteroatoms. The first-order chi connectivity index (χ1) is 15.2. The van der Waals surface area contributed by atoms with Crippen LogP contribution in [0.1, 0.15) is 32.9 Å². The van der Waals surface area contributed by atoms with Crippen molar-refractivity contribution in [3.05, 3.63) is 34.6 Å². The van der Waals surface area contributed by atoms with Crippen LogP contribution in [0, 0.1) is 6.85 Å². The van der Waals surface area contributed by atoms with E-state index >= 15 is 0 Å². The van der Waals surface area contributed by atoms with Crippen LogP contribution in [0.3, 0.4) is 0 Å². The molecule has 0 saturated carbocycles. The average molecular weight is 422 g/mol. The van der Waals surface area contributed by atoms with Crippen LogP contribution in [0.4, 0.5) is 15.6 Å². The van der Waals surface area contributed by atoms with Gasteiger partial charge < -0.3 is 15.0 Å². The lowest BCUT2D eigenvalue weighted by molar-refractivity contribution is 0.0958. The molecule has 0 aromatic carbocycles. The fourth-order valence-electron chi connectivity index (χ4n) is 3.03. The number of anilines is 2. The van der Waals surface area contributed by atoms with Crippen molar-refractivity contribution in [3.8, 4) is 0 Å². The van der Waals surface area contributed by atoms with Gasteiger partial charge in [-0.1, -0.05) is 0 Å². The number of hydrogen-bond acceptors (Lipinski definition) is 8. The van der Waals surface area contributed by atoms with Crippen molar-refractivity contribution in [2.24, 2.45) is 0 Å². The molecule has 2 amide bonds. The number of ether oxygens (including phenoxy) is 1. The number of aromatic nitrogens is 2. The molecule has 3 rings (SSSR count). The Morgan fingerprint density at radius 3 is 2.76 bits per heavy atom. The summed E-state index contributed by atoms with van der Waals surface area (Å²) in [6, 6.07) is 3.20. The zero-order valence-corrected chi connectivity index (χ0v) is 17.2. The number of nitrogens with one attached hydrogen (secondary N) is 2. The van der Waals surface area contributed by atoms with Gasteiger partial charge in [0.2, 0.25) is 0 Å². The summed E-state index contributed by atoms with van der Waals surface area (Å²) in [6.45, 7) is 2.85. The Morgan fingerprint density at radius 1 is 1.28 bits per heavy atom. The number of thiazole rings is 1. The summed E-state index contributed by atoms with van der Waals surface area (Å²) in [5, 5.41) is 7.44. The van der Waals surface area contributed by atoms with Gasteiger partial charge in [0.1, 0.15) is 5.69 Å².